The van der Waals surface area contributed by atoms with Gasteiger partial charge in [0.1, 0.15) is 11.6 Å². The predicted octanol–water partition coefficient (Wildman–Crippen LogP) is 4.51. The Morgan fingerprint density at radius 3 is 2.71 bits per heavy atom. The van der Waals surface area contributed by atoms with Gasteiger partial charge in [-0.15, -0.1) is 0 Å². The summed E-state index contributed by atoms with van der Waals surface area (Å²) < 4.78 is 46.0. The van der Waals surface area contributed by atoms with Crippen molar-refractivity contribution < 1.29 is 13.2 Å². The third kappa shape index (κ3) is 3.83. The van der Waals surface area contributed by atoms with Crippen LogP contribution in [0.25, 0.3) is 0 Å². The number of rotatable bonds is 4. The average molecular weight is 377 g/mol. The minimum atomic E-state index is -2.58. The molecule has 2 aromatic rings. The van der Waals surface area contributed by atoms with Crippen LogP contribution in [0.4, 0.5) is 13.2 Å². The lowest BCUT2D eigenvalue weighted by Gasteiger charge is -2.27. The molecule has 24 heavy (non-hydrogen) atoms. The van der Waals surface area contributed by atoms with Gasteiger partial charge in [0.2, 0.25) is 5.92 Å². The molecule has 0 spiro atoms. The molecular weight excluding hydrogens is 361 g/mol. The highest BCUT2D eigenvalue weighted by Crippen LogP contribution is 2.37. The van der Waals surface area contributed by atoms with E-state index in [4.69, 9.17) is 11.6 Å². The summed E-state index contributed by atoms with van der Waals surface area (Å²) in [5, 5.41) is 0.247. The summed E-state index contributed by atoms with van der Waals surface area (Å²) in [5.74, 6) is -2.49. The Morgan fingerprint density at radius 1 is 1.33 bits per heavy atom. The van der Waals surface area contributed by atoms with Crippen molar-refractivity contribution in [3.63, 3.8) is 0 Å². The molecule has 0 aliphatic heterocycles. The molecule has 1 aliphatic rings. The van der Waals surface area contributed by atoms with Gasteiger partial charge < -0.3 is 0 Å². The molecule has 0 N–H and O–H groups in total. The van der Waals surface area contributed by atoms with E-state index in [0.717, 1.165) is 11.5 Å². The quantitative estimate of drug-likeness (QED) is 0.786. The number of halogens is 4. The van der Waals surface area contributed by atoms with Crippen molar-refractivity contribution in [3.05, 3.63) is 50.1 Å². The van der Waals surface area contributed by atoms with E-state index in [1.165, 1.54) is 16.7 Å². The maximum atomic E-state index is 13.9. The highest BCUT2D eigenvalue weighted by Gasteiger charge is 2.35. The Kier molecular flexibility index (Phi) is 5.01. The van der Waals surface area contributed by atoms with Crippen molar-refractivity contribution in [2.75, 3.05) is 0 Å². The first kappa shape index (κ1) is 17.5. The molecule has 0 radical (unpaired) electrons. The van der Waals surface area contributed by atoms with Crippen molar-refractivity contribution in [3.8, 4) is 0 Å². The second-order valence-corrected chi connectivity index (χ2v) is 7.28. The van der Waals surface area contributed by atoms with Crippen LogP contribution in [-0.4, -0.2) is 14.9 Å². The van der Waals surface area contributed by atoms with E-state index in [2.05, 4.69) is 4.37 Å². The number of nitrogens with zero attached hydrogens (tertiary/aromatic N) is 2. The number of alkyl halides is 2. The Bertz CT molecular complexity index is 760. The second-order valence-electron chi connectivity index (χ2n) is 6.15. The van der Waals surface area contributed by atoms with Crippen LogP contribution in [0.2, 0.25) is 5.02 Å². The monoisotopic (exact) mass is 376 g/mol. The lowest BCUT2D eigenvalue weighted by molar-refractivity contribution is -0.0458. The highest BCUT2D eigenvalue weighted by atomic mass is 35.5. The van der Waals surface area contributed by atoms with Crippen molar-refractivity contribution in [2.45, 2.75) is 44.6 Å². The van der Waals surface area contributed by atoms with Crippen LogP contribution in [0.1, 0.15) is 37.1 Å². The molecule has 130 valence electrons. The standard InChI is InChI=1S/C16H16ClF3N2OS/c17-12-2-1-3-13(18)11(12)9-22-14(21-24-15(22)23)8-10-4-6-16(19,20)7-5-10/h1-3,10H,4-9H2. The van der Waals surface area contributed by atoms with Gasteiger partial charge in [0.25, 0.3) is 0 Å². The number of hydrogen-bond donors (Lipinski definition) is 0. The van der Waals surface area contributed by atoms with E-state index in [1.54, 1.807) is 6.07 Å². The molecule has 8 heteroatoms. The van der Waals surface area contributed by atoms with E-state index < -0.39 is 11.7 Å². The largest absolute Gasteiger partial charge is 0.326 e. The molecular formula is C16H16ClF3N2OS. The third-order valence-corrected chi connectivity index (χ3v) is 5.48. The predicted molar refractivity (Wildman–Crippen MR) is 87.5 cm³/mol. The second kappa shape index (κ2) is 6.88. The average Bonchev–Trinajstić information content (AvgIpc) is 2.86. The Balaban J connectivity index is 1.79. The van der Waals surface area contributed by atoms with Crippen molar-refractivity contribution in [2.24, 2.45) is 5.92 Å². The molecule has 0 bridgehead atoms. The van der Waals surface area contributed by atoms with Crippen LogP contribution in [0.5, 0.6) is 0 Å². The fourth-order valence-corrected chi connectivity index (χ4v) is 3.85. The maximum absolute atomic E-state index is 13.9. The zero-order chi connectivity index (χ0) is 17.3. The van der Waals surface area contributed by atoms with Crippen molar-refractivity contribution in [1.82, 2.24) is 8.94 Å². The summed E-state index contributed by atoms with van der Waals surface area (Å²) >= 11 is 6.81. The molecule has 1 aliphatic carbocycles. The summed E-state index contributed by atoms with van der Waals surface area (Å²) in [5.41, 5.74) is 0.234. The first-order valence-corrected chi connectivity index (χ1v) is 8.87. The Hall–Kier alpha value is -1.34. The van der Waals surface area contributed by atoms with E-state index in [9.17, 15) is 18.0 Å². The van der Waals surface area contributed by atoms with E-state index in [1.807, 2.05) is 0 Å². The van der Waals surface area contributed by atoms with Crippen LogP contribution >= 0.6 is 23.1 Å². The molecule has 3 rings (SSSR count). The molecule has 1 saturated carbocycles. The summed E-state index contributed by atoms with van der Waals surface area (Å²) in [4.78, 5) is 11.7. The van der Waals surface area contributed by atoms with Gasteiger partial charge in [0.05, 0.1) is 6.54 Å². The molecule has 1 fully saturated rings. The highest BCUT2D eigenvalue weighted by molar-refractivity contribution is 7.02. The maximum Gasteiger partial charge on any atom is 0.326 e. The van der Waals surface area contributed by atoms with Gasteiger partial charge in [-0.05, 0) is 30.9 Å². The van der Waals surface area contributed by atoms with Crippen LogP contribution in [0, 0.1) is 11.7 Å². The zero-order valence-electron chi connectivity index (χ0n) is 12.8. The van der Waals surface area contributed by atoms with Crippen molar-refractivity contribution >= 4 is 23.1 Å². The van der Waals surface area contributed by atoms with Gasteiger partial charge in [0.15, 0.2) is 0 Å². The van der Waals surface area contributed by atoms with E-state index in [0.29, 0.717) is 25.1 Å². The number of aromatic nitrogens is 2. The SMILES string of the molecule is O=c1snc(CC2CCC(F)(F)CC2)n1Cc1c(F)cccc1Cl. The third-order valence-electron chi connectivity index (χ3n) is 4.45. The van der Waals surface area contributed by atoms with Crippen LogP contribution < -0.4 is 4.87 Å². The Morgan fingerprint density at radius 2 is 2.04 bits per heavy atom. The number of hydrogen-bond acceptors (Lipinski definition) is 3. The first-order chi connectivity index (χ1) is 11.4. The molecule has 0 atom stereocenters. The van der Waals surface area contributed by atoms with Crippen LogP contribution in [-0.2, 0) is 13.0 Å². The molecule has 1 aromatic carbocycles. The fourth-order valence-electron chi connectivity index (χ4n) is 3.00. The van der Waals surface area contributed by atoms with Gasteiger partial charge in [-0.25, -0.2) is 13.2 Å². The van der Waals surface area contributed by atoms with Gasteiger partial charge in [-0.1, -0.05) is 17.7 Å². The molecule has 0 saturated heterocycles. The molecule has 1 heterocycles. The summed E-state index contributed by atoms with van der Waals surface area (Å²) in [6, 6.07) is 4.35. The minimum Gasteiger partial charge on any atom is -0.281 e. The lowest BCUT2D eigenvalue weighted by atomic mass is 9.84. The van der Waals surface area contributed by atoms with Gasteiger partial charge in [-0.3, -0.25) is 9.36 Å². The van der Waals surface area contributed by atoms with E-state index in [-0.39, 0.29) is 40.8 Å². The van der Waals surface area contributed by atoms with Crippen LogP contribution in [0.3, 0.4) is 0 Å². The lowest BCUT2D eigenvalue weighted by Crippen LogP contribution is -2.27. The topological polar surface area (TPSA) is 34.9 Å². The zero-order valence-corrected chi connectivity index (χ0v) is 14.3. The molecule has 1 aromatic heterocycles. The fraction of sp³-hybridized carbons (Fsp3) is 0.500. The summed E-state index contributed by atoms with van der Waals surface area (Å²) in [6.45, 7) is -0.000939. The molecule has 3 nitrogen and oxygen atoms in total. The van der Waals surface area contributed by atoms with Gasteiger partial charge in [-0.2, -0.15) is 4.37 Å². The van der Waals surface area contributed by atoms with Gasteiger partial charge in [0, 0.05) is 41.4 Å². The normalized spacial score (nSPS) is 18.0. The minimum absolute atomic E-state index is 0.000939. The van der Waals surface area contributed by atoms with Crippen LogP contribution in [0.15, 0.2) is 23.0 Å². The number of benzene rings is 1. The summed E-state index contributed by atoms with van der Waals surface area (Å²) in [7, 11) is 0. The first-order valence-electron chi connectivity index (χ1n) is 7.72. The molecule has 0 amide bonds. The molecule has 0 unspecified atom stereocenters. The van der Waals surface area contributed by atoms with E-state index >= 15 is 0 Å². The smallest absolute Gasteiger partial charge is 0.281 e. The van der Waals surface area contributed by atoms with Crippen molar-refractivity contribution in [1.29, 1.82) is 0 Å². The Labute approximate surface area is 146 Å². The summed E-state index contributed by atoms with van der Waals surface area (Å²) in [6.07, 6.45) is 0.982. The van der Waals surface area contributed by atoms with Gasteiger partial charge >= 0.3 is 4.87 Å².